The van der Waals surface area contributed by atoms with Gasteiger partial charge in [-0.3, -0.25) is 0 Å². The van der Waals surface area contributed by atoms with E-state index in [0.29, 0.717) is 24.5 Å². The summed E-state index contributed by atoms with van der Waals surface area (Å²) in [7, 11) is 0. The molecule has 0 aliphatic carbocycles. The molecule has 1 aromatic rings. The maximum Gasteiger partial charge on any atom is 0.348 e. The Morgan fingerprint density at radius 2 is 2.25 bits per heavy atom. The maximum absolute atomic E-state index is 12.0. The lowest BCUT2D eigenvalue weighted by molar-refractivity contribution is -0.138. The van der Waals surface area contributed by atoms with Gasteiger partial charge in [-0.15, -0.1) is 0 Å². The lowest BCUT2D eigenvalue weighted by Crippen LogP contribution is -2.08. The quantitative estimate of drug-likeness (QED) is 0.330. The predicted octanol–water partition coefficient (Wildman–Crippen LogP) is 3.66. The third-order valence-corrected chi connectivity index (χ3v) is 3.70. The molecule has 1 aromatic carbocycles. The summed E-state index contributed by atoms with van der Waals surface area (Å²) in [6.07, 6.45) is 4.14. The van der Waals surface area contributed by atoms with Crippen molar-refractivity contribution in [1.82, 2.24) is 0 Å². The highest BCUT2D eigenvalue weighted by molar-refractivity contribution is 5.98. The maximum atomic E-state index is 12.0. The fourth-order valence-electron chi connectivity index (χ4n) is 2.53. The van der Waals surface area contributed by atoms with Crippen molar-refractivity contribution in [2.24, 2.45) is 0 Å². The standard InChI is InChI=1S/C19H23NO4/c1-4-6-7-23-19(21)16(12-20)9-15-11-18-14(8-13(3)24-18)10-17(15)22-5-2/h9-11,13H,4-8H2,1-3H3/b16-9-. The number of hydrogen-bond acceptors (Lipinski definition) is 5. The second-order valence-corrected chi connectivity index (χ2v) is 5.72. The third-order valence-electron chi connectivity index (χ3n) is 3.70. The number of carbonyl (C=O) groups is 1. The average Bonchev–Trinajstić information content (AvgIpc) is 2.91. The number of nitriles is 1. The van der Waals surface area contributed by atoms with Crippen molar-refractivity contribution >= 4 is 12.0 Å². The summed E-state index contributed by atoms with van der Waals surface area (Å²) in [4.78, 5) is 12.0. The molecule has 5 heteroatoms. The minimum atomic E-state index is -0.608. The highest BCUT2D eigenvalue weighted by atomic mass is 16.5. The normalized spacial score (nSPS) is 16.1. The molecule has 0 amide bonds. The van der Waals surface area contributed by atoms with Crippen LogP contribution < -0.4 is 9.47 Å². The van der Waals surface area contributed by atoms with Crippen molar-refractivity contribution in [3.8, 4) is 17.6 Å². The van der Waals surface area contributed by atoms with Gasteiger partial charge in [0, 0.05) is 17.5 Å². The highest BCUT2D eigenvalue weighted by Crippen LogP contribution is 2.36. The van der Waals surface area contributed by atoms with Gasteiger partial charge in [-0.2, -0.15) is 5.26 Å². The molecule has 1 heterocycles. The van der Waals surface area contributed by atoms with Crippen LogP contribution in [0.25, 0.3) is 6.08 Å². The van der Waals surface area contributed by atoms with E-state index in [4.69, 9.17) is 14.2 Å². The Morgan fingerprint density at radius 1 is 1.46 bits per heavy atom. The first-order valence-electron chi connectivity index (χ1n) is 8.34. The lowest BCUT2D eigenvalue weighted by atomic mass is 10.0. The van der Waals surface area contributed by atoms with Gasteiger partial charge >= 0.3 is 5.97 Å². The second kappa shape index (κ2) is 8.39. The Balaban J connectivity index is 2.30. The van der Waals surface area contributed by atoms with Crippen LogP contribution in [0.5, 0.6) is 11.5 Å². The van der Waals surface area contributed by atoms with Crippen LogP contribution in [-0.4, -0.2) is 25.3 Å². The van der Waals surface area contributed by atoms with E-state index in [2.05, 4.69) is 0 Å². The van der Waals surface area contributed by atoms with Crippen LogP contribution in [0.15, 0.2) is 17.7 Å². The largest absolute Gasteiger partial charge is 0.493 e. The van der Waals surface area contributed by atoms with Gasteiger partial charge < -0.3 is 14.2 Å². The van der Waals surface area contributed by atoms with Crippen LogP contribution in [0.1, 0.15) is 44.7 Å². The fraction of sp³-hybridized carbons (Fsp3) is 0.474. The van der Waals surface area contributed by atoms with Crippen molar-refractivity contribution in [3.05, 3.63) is 28.8 Å². The summed E-state index contributed by atoms with van der Waals surface area (Å²) in [5.41, 5.74) is 1.68. The zero-order valence-electron chi connectivity index (χ0n) is 14.4. The third kappa shape index (κ3) is 4.29. The van der Waals surface area contributed by atoms with E-state index in [9.17, 15) is 10.1 Å². The van der Waals surface area contributed by atoms with Gasteiger partial charge in [0.05, 0.1) is 13.2 Å². The molecule has 0 N–H and O–H groups in total. The van der Waals surface area contributed by atoms with Crippen LogP contribution in [0, 0.1) is 11.3 Å². The van der Waals surface area contributed by atoms with Gasteiger partial charge in [0.25, 0.3) is 0 Å². The SMILES string of the molecule is CCCCOC(=O)/C(C#N)=C\c1cc2c(cc1OCC)CC(C)O2. The number of unbranched alkanes of at least 4 members (excludes halogenated alkanes) is 1. The van der Waals surface area contributed by atoms with Crippen molar-refractivity contribution in [3.63, 3.8) is 0 Å². The second-order valence-electron chi connectivity index (χ2n) is 5.72. The summed E-state index contributed by atoms with van der Waals surface area (Å²) in [5, 5.41) is 9.28. The highest BCUT2D eigenvalue weighted by Gasteiger charge is 2.22. The summed E-state index contributed by atoms with van der Waals surface area (Å²) in [5.74, 6) is 0.806. The summed E-state index contributed by atoms with van der Waals surface area (Å²) >= 11 is 0. The van der Waals surface area contributed by atoms with Crippen molar-refractivity contribution in [1.29, 1.82) is 5.26 Å². The Labute approximate surface area is 142 Å². The molecule has 5 nitrogen and oxygen atoms in total. The predicted molar refractivity (Wildman–Crippen MR) is 90.9 cm³/mol. The Bertz CT molecular complexity index is 673. The minimum absolute atomic E-state index is 0.0435. The molecule has 0 saturated carbocycles. The molecule has 0 radical (unpaired) electrons. The van der Waals surface area contributed by atoms with Crippen LogP contribution in [0.3, 0.4) is 0 Å². The minimum Gasteiger partial charge on any atom is -0.493 e. The van der Waals surface area contributed by atoms with Gasteiger partial charge in [-0.25, -0.2) is 4.79 Å². The number of ether oxygens (including phenoxy) is 3. The fourth-order valence-corrected chi connectivity index (χ4v) is 2.53. The molecule has 1 aliphatic heterocycles. The molecule has 1 unspecified atom stereocenters. The van der Waals surface area contributed by atoms with E-state index in [1.165, 1.54) is 6.08 Å². The first-order chi connectivity index (χ1) is 11.6. The van der Waals surface area contributed by atoms with Crippen molar-refractivity contribution < 1.29 is 19.0 Å². The van der Waals surface area contributed by atoms with Crippen LogP contribution in [-0.2, 0) is 16.0 Å². The number of carbonyl (C=O) groups excluding carboxylic acids is 1. The summed E-state index contributed by atoms with van der Waals surface area (Å²) < 4.78 is 16.5. The number of rotatable bonds is 7. The number of fused-ring (bicyclic) bond motifs is 1. The number of esters is 1. The molecule has 0 spiro atoms. The van der Waals surface area contributed by atoms with Crippen LogP contribution in [0.2, 0.25) is 0 Å². The van der Waals surface area contributed by atoms with Crippen LogP contribution in [0.4, 0.5) is 0 Å². The van der Waals surface area contributed by atoms with E-state index < -0.39 is 5.97 Å². The summed E-state index contributed by atoms with van der Waals surface area (Å²) in [6.45, 7) is 6.72. The number of benzene rings is 1. The first kappa shape index (κ1) is 17.9. The molecule has 0 bridgehead atoms. The molecule has 24 heavy (non-hydrogen) atoms. The van der Waals surface area contributed by atoms with Crippen molar-refractivity contribution in [2.45, 2.75) is 46.1 Å². The van der Waals surface area contributed by atoms with E-state index in [1.807, 2.05) is 39.0 Å². The molecule has 2 rings (SSSR count). The molecule has 1 atom stereocenters. The lowest BCUT2D eigenvalue weighted by Gasteiger charge is -2.10. The zero-order valence-corrected chi connectivity index (χ0v) is 14.4. The van der Waals surface area contributed by atoms with Crippen LogP contribution >= 0.6 is 0 Å². The Hall–Kier alpha value is -2.48. The molecule has 0 saturated heterocycles. The monoisotopic (exact) mass is 329 g/mol. The van der Waals surface area contributed by atoms with Gasteiger partial charge in [0.15, 0.2) is 0 Å². The van der Waals surface area contributed by atoms with E-state index in [1.54, 1.807) is 0 Å². The Kier molecular flexibility index (Phi) is 6.25. The van der Waals surface area contributed by atoms with Gasteiger partial charge in [-0.1, -0.05) is 13.3 Å². The van der Waals surface area contributed by atoms with E-state index >= 15 is 0 Å². The zero-order chi connectivity index (χ0) is 17.5. The van der Waals surface area contributed by atoms with Gasteiger partial charge in [0.1, 0.15) is 29.2 Å². The first-order valence-corrected chi connectivity index (χ1v) is 8.34. The van der Waals surface area contributed by atoms with Crippen molar-refractivity contribution in [2.75, 3.05) is 13.2 Å². The molecule has 1 aliphatic rings. The van der Waals surface area contributed by atoms with Gasteiger partial charge in [0.2, 0.25) is 0 Å². The molecule has 128 valence electrons. The molecular weight excluding hydrogens is 306 g/mol. The number of nitrogens with zero attached hydrogens (tertiary/aromatic N) is 1. The topological polar surface area (TPSA) is 68.6 Å². The van der Waals surface area contributed by atoms with E-state index in [0.717, 1.165) is 30.6 Å². The molecule has 0 aromatic heterocycles. The smallest absolute Gasteiger partial charge is 0.348 e. The molecule has 0 fully saturated rings. The van der Waals surface area contributed by atoms with Gasteiger partial charge in [-0.05, 0) is 38.5 Å². The number of hydrogen-bond donors (Lipinski definition) is 0. The van der Waals surface area contributed by atoms with E-state index in [-0.39, 0.29) is 11.7 Å². The summed E-state index contributed by atoms with van der Waals surface area (Å²) in [6, 6.07) is 5.66. The average molecular weight is 329 g/mol. The Morgan fingerprint density at radius 3 is 2.92 bits per heavy atom. The molecular formula is C19H23NO4.